The summed E-state index contributed by atoms with van der Waals surface area (Å²) >= 11 is 0. The van der Waals surface area contributed by atoms with Crippen LogP contribution in [0.4, 0.5) is 22.0 Å². The zero-order valence-corrected chi connectivity index (χ0v) is 15.3. The highest BCUT2D eigenvalue weighted by Crippen LogP contribution is 2.67. The third-order valence-electron chi connectivity index (χ3n) is 7.57. The lowest BCUT2D eigenvalue weighted by Gasteiger charge is -2.42. The van der Waals surface area contributed by atoms with E-state index in [4.69, 9.17) is 4.74 Å². The Balaban J connectivity index is 1.21. The molecule has 29 heavy (non-hydrogen) atoms. The molecule has 5 aliphatic rings. The first-order valence-corrected chi connectivity index (χ1v) is 9.83. The highest BCUT2D eigenvalue weighted by molar-refractivity contribution is 5.73. The van der Waals surface area contributed by atoms with Crippen LogP contribution in [0.25, 0.3) is 0 Å². The lowest BCUT2D eigenvalue weighted by atomic mass is 9.69. The summed E-state index contributed by atoms with van der Waals surface area (Å²) in [5, 5.41) is 9.41. The summed E-state index contributed by atoms with van der Waals surface area (Å²) in [7, 11) is 0. The molecule has 4 fully saturated rings. The van der Waals surface area contributed by atoms with Gasteiger partial charge in [-0.2, -0.15) is 22.0 Å². The first-order valence-electron chi connectivity index (χ1n) is 9.83. The summed E-state index contributed by atoms with van der Waals surface area (Å²) in [6.45, 7) is -2.49. The molecule has 3 saturated carbocycles. The van der Waals surface area contributed by atoms with Crippen LogP contribution < -0.4 is 0 Å². The molecular weight excluding hydrogens is 403 g/mol. The fourth-order valence-electron chi connectivity index (χ4n) is 6.51. The number of alkyl halides is 5. The average molecular weight is 424 g/mol. The number of rotatable bonds is 3. The van der Waals surface area contributed by atoms with Gasteiger partial charge in [0.05, 0.1) is 5.92 Å². The molecule has 0 radical (unpaired) electrons. The molecule has 1 heterocycles. The highest BCUT2D eigenvalue weighted by atomic mass is 19.4. The van der Waals surface area contributed by atoms with Crippen molar-refractivity contribution < 1.29 is 46.1 Å². The van der Waals surface area contributed by atoms with Gasteiger partial charge in [0.1, 0.15) is 13.2 Å². The molecule has 0 aromatic rings. The van der Waals surface area contributed by atoms with Crippen molar-refractivity contribution in [2.45, 2.75) is 43.4 Å². The van der Waals surface area contributed by atoms with Gasteiger partial charge < -0.3 is 19.3 Å². The van der Waals surface area contributed by atoms with Crippen LogP contribution >= 0.6 is 0 Å². The number of halogens is 5. The second kappa shape index (κ2) is 6.13. The van der Waals surface area contributed by atoms with E-state index in [1.54, 1.807) is 0 Å². The van der Waals surface area contributed by atoms with Crippen LogP contribution in [-0.2, 0) is 19.0 Å². The number of fused-ring (bicyclic) bond motifs is 9. The third kappa shape index (κ3) is 2.71. The lowest BCUT2D eigenvalue weighted by molar-refractivity contribution is -0.490. The van der Waals surface area contributed by atoms with Crippen molar-refractivity contribution in [3.8, 4) is 0 Å². The van der Waals surface area contributed by atoms with Crippen molar-refractivity contribution >= 4 is 5.97 Å². The van der Waals surface area contributed by atoms with Gasteiger partial charge in [-0.3, -0.25) is 4.79 Å². The highest BCUT2D eigenvalue weighted by Gasteiger charge is 2.74. The predicted octanol–water partition coefficient (Wildman–Crippen LogP) is 2.88. The van der Waals surface area contributed by atoms with Crippen molar-refractivity contribution in [1.29, 1.82) is 0 Å². The van der Waals surface area contributed by atoms with E-state index in [1.165, 1.54) is 0 Å². The monoisotopic (exact) mass is 424 g/mol. The molecule has 1 saturated heterocycles. The van der Waals surface area contributed by atoms with Gasteiger partial charge in [-0.15, -0.1) is 0 Å². The van der Waals surface area contributed by atoms with Crippen LogP contribution in [0.2, 0.25) is 0 Å². The minimum Gasteiger partial charge on any atom is -0.460 e. The Morgan fingerprint density at radius 3 is 2.52 bits per heavy atom. The zero-order valence-electron chi connectivity index (χ0n) is 15.3. The number of hydrogen-bond donors (Lipinski definition) is 1. The van der Waals surface area contributed by atoms with E-state index < -0.39 is 43.4 Å². The standard InChI is InChI=1S/C19H21F5O5/c20-17(21)7-28-13(29-18(17,26)19(22,23)24)6-27-16(25)12-5-10-4-11(12)15-9-2-1-8(3-9)14(10)15/h1-2,8-15,26H,3-7H2. The summed E-state index contributed by atoms with van der Waals surface area (Å²) in [6.07, 6.45) is -0.428. The minimum absolute atomic E-state index is 0.182. The van der Waals surface area contributed by atoms with Crippen LogP contribution in [0.15, 0.2) is 12.2 Å². The molecule has 0 spiro atoms. The largest absolute Gasteiger partial charge is 0.460 e. The smallest absolute Gasteiger partial charge is 0.449 e. The Morgan fingerprint density at radius 1 is 1.14 bits per heavy atom. The molecule has 0 aromatic heterocycles. The van der Waals surface area contributed by atoms with E-state index in [0.29, 0.717) is 36.0 Å². The van der Waals surface area contributed by atoms with Gasteiger partial charge in [0.15, 0.2) is 6.29 Å². The van der Waals surface area contributed by atoms with Crippen molar-refractivity contribution in [2.75, 3.05) is 13.2 Å². The lowest BCUT2D eigenvalue weighted by Crippen LogP contribution is -2.67. The van der Waals surface area contributed by atoms with Gasteiger partial charge in [0.2, 0.25) is 0 Å². The Labute approximate surface area is 163 Å². The number of aliphatic hydroxyl groups is 1. The van der Waals surface area contributed by atoms with Gasteiger partial charge in [-0.05, 0) is 54.8 Å². The van der Waals surface area contributed by atoms with Crippen LogP contribution in [0.3, 0.4) is 0 Å². The predicted molar refractivity (Wildman–Crippen MR) is 85.2 cm³/mol. The first kappa shape index (κ1) is 19.7. The van der Waals surface area contributed by atoms with Crippen molar-refractivity contribution in [2.24, 2.45) is 41.4 Å². The van der Waals surface area contributed by atoms with Crippen LogP contribution in [-0.4, -0.2) is 48.5 Å². The van der Waals surface area contributed by atoms with E-state index in [2.05, 4.69) is 21.6 Å². The van der Waals surface area contributed by atoms with Gasteiger partial charge in [0, 0.05) is 0 Å². The first-order chi connectivity index (χ1) is 13.5. The van der Waals surface area contributed by atoms with E-state index >= 15 is 0 Å². The quantitative estimate of drug-likeness (QED) is 0.327. The molecule has 1 aliphatic heterocycles. The Kier molecular flexibility index (Phi) is 4.16. The molecule has 1 N–H and O–H groups in total. The summed E-state index contributed by atoms with van der Waals surface area (Å²) in [5.41, 5.74) is 0. The molecule has 0 aromatic carbocycles. The number of hydrogen-bond acceptors (Lipinski definition) is 5. The zero-order chi connectivity index (χ0) is 20.8. The van der Waals surface area contributed by atoms with Crippen LogP contribution in [0, 0.1) is 41.4 Å². The molecule has 9 unspecified atom stereocenters. The van der Waals surface area contributed by atoms with Gasteiger partial charge in [-0.25, -0.2) is 0 Å². The number of carbonyl (C=O) groups excluding carboxylic acids is 1. The molecule has 9 atom stereocenters. The second-order valence-electron chi connectivity index (χ2n) is 8.94. The fraction of sp³-hybridized carbons (Fsp3) is 0.842. The second-order valence-corrected chi connectivity index (χ2v) is 8.94. The number of ether oxygens (including phenoxy) is 3. The molecular formula is C19H21F5O5. The van der Waals surface area contributed by atoms with Crippen LogP contribution in [0.1, 0.15) is 19.3 Å². The van der Waals surface area contributed by atoms with E-state index in [0.717, 1.165) is 12.8 Å². The summed E-state index contributed by atoms with van der Waals surface area (Å²) in [6, 6.07) is 0. The number of allylic oxidation sites excluding steroid dienone is 2. The average Bonchev–Trinajstić information content (AvgIpc) is 3.40. The summed E-state index contributed by atoms with van der Waals surface area (Å²) in [5.74, 6) is -7.55. The summed E-state index contributed by atoms with van der Waals surface area (Å²) in [4.78, 5) is 12.6. The molecule has 4 aliphatic carbocycles. The summed E-state index contributed by atoms with van der Waals surface area (Å²) < 4.78 is 79.6. The van der Waals surface area contributed by atoms with E-state index in [9.17, 15) is 31.9 Å². The molecule has 4 bridgehead atoms. The maximum Gasteiger partial charge on any atom is 0.449 e. The molecule has 5 nitrogen and oxygen atoms in total. The Morgan fingerprint density at radius 2 is 1.83 bits per heavy atom. The van der Waals surface area contributed by atoms with Gasteiger partial charge in [0.25, 0.3) is 0 Å². The fourth-order valence-corrected chi connectivity index (χ4v) is 6.51. The maximum atomic E-state index is 13.5. The Hall–Kier alpha value is -1.26. The normalized spacial score (nSPS) is 49.4. The van der Waals surface area contributed by atoms with Crippen molar-refractivity contribution in [3.63, 3.8) is 0 Å². The molecule has 10 heteroatoms. The molecule has 5 rings (SSSR count). The van der Waals surface area contributed by atoms with Crippen molar-refractivity contribution in [3.05, 3.63) is 12.2 Å². The Bertz CT molecular complexity index is 739. The number of esters is 1. The minimum atomic E-state index is -5.74. The van der Waals surface area contributed by atoms with Crippen LogP contribution in [0.5, 0.6) is 0 Å². The molecule has 162 valence electrons. The van der Waals surface area contributed by atoms with Gasteiger partial charge >= 0.3 is 23.9 Å². The topological polar surface area (TPSA) is 65.0 Å². The van der Waals surface area contributed by atoms with Crippen molar-refractivity contribution in [1.82, 2.24) is 0 Å². The number of carbonyl (C=O) groups is 1. The third-order valence-corrected chi connectivity index (χ3v) is 7.57. The SMILES string of the molecule is O=C(OCC1OCC(F)(F)C(O)(C(F)(F)F)O1)C1CC2CC1C1C3C=CC(C3)C21. The van der Waals surface area contributed by atoms with Gasteiger partial charge in [-0.1, -0.05) is 12.2 Å². The van der Waals surface area contributed by atoms with E-state index in [-0.39, 0.29) is 11.8 Å². The molecule has 0 amide bonds. The maximum absolute atomic E-state index is 13.5. The van der Waals surface area contributed by atoms with E-state index in [1.807, 2.05) is 0 Å².